The van der Waals surface area contributed by atoms with Crippen molar-refractivity contribution in [3.63, 3.8) is 0 Å². The Bertz CT molecular complexity index is 145. The van der Waals surface area contributed by atoms with Crippen LogP contribution in [-0.2, 0) is 0 Å². The molecule has 1 aliphatic heterocycles. The van der Waals surface area contributed by atoms with E-state index in [1.807, 2.05) is 0 Å². The van der Waals surface area contributed by atoms with Gasteiger partial charge in [0.1, 0.15) is 12.8 Å². The molecule has 0 saturated heterocycles. The van der Waals surface area contributed by atoms with E-state index in [1.54, 1.807) is 0 Å². The van der Waals surface area contributed by atoms with Crippen LogP contribution in [0.2, 0.25) is 0 Å². The largest absolute Gasteiger partial charge is 0.209 e. The summed E-state index contributed by atoms with van der Waals surface area (Å²) in [6.07, 6.45) is 7.87. The molecule has 50 valence electrons. The molecule has 1 heterocycles. The van der Waals surface area contributed by atoms with Gasteiger partial charge in [0.15, 0.2) is 6.20 Å². The number of hydrogen-bond donors (Lipinski definition) is 0. The molecule has 9 heavy (non-hydrogen) atoms. The predicted molar refractivity (Wildman–Crippen MR) is 39.8 cm³/mol. The Kier molecular flexibility index (Phi) is 2.04. The van der Waals surface area contributed by atoms with Gasteiger partial charge in [-0.3, -0.25) is 0 Å². The third-order valence-electron chi connectivity index (χ3n) is 1.68. The number of nitrogens with zero attached hydrogens (tertiary/aromatic N) is 1. The van der Waals surface area contributed by atoms with E-state index in [0.717, 1.165) is 12.5 Å². The Morgan fingerprint density at radius 3 is 2.89 bits per heavy atom. The molecule has 0 aliphatic carbocycles. The van der Waals surface area contributed by atoms with Crippen LogP contribution in [0.25, 0.3) is 0 Å². The van der Waals surface area contributed by atoms with Gasteiger partial charge in [0.25, 0.3) is 0 Å². The smallest absolute Gasteiger partial charge is 0.164 e. The van der Waals surface area contributed by atoms with Crippen LogP contribution in [-0.4, -0.2) is 17.3 Å². The van der Waals surface area contributed by atoms with Crippen LogP contribution in [0.1, 0.15) is 20.3 Å². The summed E-state index contributed by atoms with van der Waals surface area (Å²) in [7, 11) is 0. The summed E-state index contributed by atoms with van der Waals surface area (Å²) < 4.78 is 2.22. The first kappa shape index (κ1) is 6.53. The maximum Gasteiger partial charge on any atom is 0.164 e. The van der Waals surface area contributed by atoms with Gasteiger partial charge in [-0.1, -0.05) is 6.92 Å². The predicted octanol–water partition coefficient (Wildman–Crippen LogP) is 1.64. The number of allylic oxidation sites excluding steroid dienone is 1. The van der Waals surface area contributed by atoms with Crippen molar-refractivity contribution in [2.75, 3.05) is 6.54 Å². The molecule has 1 aliphatic rings. The van der Waals surface area contributed by atoms with Crippen molar-refractivity contribution in [1.82, 2.24) is 0 Å². The molecule has 0 spiro atoms. The highest BCUT2D eigenvalue weighted by Crippen LogP contribution is 2.05. The molecule has 1 rings (SSSR count). The van der Waals surface area contributed by atoms with Crippen molar-refractivity contribution in [1.29, 1.82) is 0 Å². The summed E-state index contributed by atoms with van der Waals surface area (Å²) in [5.74, 6) is 0.743. The molecule has 1 nitrogen and oxygen atoms in total. The van der Waals surface area contributed by atoms with E-state index in [0.29, 0.717) is 0 Å². The second kappa shape index (κ2) is 2.81. The molecule has 1 heteroatoms. The normalized spacial score (nSPS) is 26.0. The van der Waals surface area contributed by atoms with E-state index in [4.69, 9.17) is 0 Å². The summed E-state index contributed by atoms with van der Waals surface area (Å²) in [4.78, 5) is 0. The van der Waals surface area contributed by atoms with Gasteiger partial charge < -0.3 is 0 Å². The van der Waals surface area contributed by atoms with Crippen LogP contribution in [0, 0.1) is 5.92 Å². The van der Waals surface area contributed by atoms with Gasteiger partial charge in [-0.05, 0) is 18.9 Å². The standard InChI is InChI=1S/C8H14N/c1-3-9-6-4-8(2)5-7-9/h4,6-8H,3,5H2,1-2H3/q+1. The van der Waals surface area contributed by atoms with E-state index in [1.165, 1.54) is 6.42 Å². The fraction of sp³-hybridized carbons (Fsp3) is 0.625. The first-order valence-electron chi connectivity index (χ1n) is 3.60. The highest BCUT2D eigenvalue weighted by molar-refractivity contribution is 5.53. The Morgan fingerprint density at radius 2 is 2.44 bits per heavy atom. The SMILES string of the molecule is CC[N+]1=CCC(C)C=C1. The Balaban J connectivity index is 2.52. The maximum atomic E-state index is 2.25. The monoisotopic (exact) mass is 124 g/mol. The van der Waals surface area contributed by atoms with Crippen LogP contribution in [0.5, 0.6) is 0 Å². The van der Waals surface area contributed by atoms with Gasteiger partial charge in [0.05, 0.1) is 0 Å². The van der Waals surface area contributed by atoms with Crippen molar-refractivity contribution < 1.29 is 4.58 Å². The number of rotatable bonds is 1. The van der Waals surface area contributed by atoms with E-state index < -0.39 is 0 Å². The third-order valence-corrected chi connectivity index (χ3v) is 1.68. The number of hydrogen-bond acceptors (Lipinski definition) is 0. The molecule has 1 atom stereocenters. The van der Waals surface area contributed by atoms with Gasteiger partial charge in [-0.15, -0.1) is 0 Å². The lowest BCUT2D eigenvalue weighted by molar-refractivity contribution is -0.451. The van der Waals surface area contributed by atoms with E-state index in [-0.39, 0.29) is 0 Å². The van der Waals surface area contributed by atoms with Crippen molar-refractivity contribution in [2.24, 2.45) is 5.92 Å². The minimum Gasteiger partial charge on any atom is -0.209 e. The molecule has 0 fully saturated rings. The Labute approximate surface area is 56.7 Å². The lowest BCUT2D eigenvalue weighted by Crippen LogP contribution is -2.11. The van der Waals surface area contributed by atoms with Crippen LogP contribution in [0.15, 0.2) is 12.3 Å². The van der Waals surface area contributed by atoms with Crippen LogP contribution < -0.4 is 0 Å². The molecule has 0 amide bonds. The minimum atomic E-state index is 0.743. The van der Waals surface area contributed by atoms with Crippen LogP contribution in [0.3, 0.4) is 0 Å². The summed E-state index contributed by atoms with van der Waals surface area (Å²) in [6.45, 7) is 5.50. The van der Waals surface area contributed by atoms with Gasteiger partial charge in [-0.2, -0.15) is 0 Å². The van der Waals surface area contributed by atoms with Gasteiger partial charge in [0.2, 0.25) is 0 Å². The maximum absolute atomic E-state index is 2.25. The zero-order valence-electron chi connectivity index (χ0n) is 6.17. The molecule has 0 aromatic heterocycles. The minimum absolute atomic E-state index is 0.743. The summed E-state index contributed by atoms with van der Waals surface area (Å²) >= 11 is 0. The van der Waals surface area contributed by atoms with E-state index in [9.17, 15) is 0 Å². The average molecular weight is 124 g/mol. The first-order chi connectivity index (χ1) is 4.33. The molecule has 0 saturated carbocycles. The Hall–Kier alpha value is -0.590. The Morgan fingerprint density at radius 1 is 1.67 bits per heavy atom. The molecule has 1 unspecified atom stereocenters. The summed E-state index contributed by atoms with van der Waals surface area (Å²) in [5.41, 5.74) is 0. The summed E-state index contributed by atoms with van der Waals surface area (Å²) in [6, 6.07) is 0. The highest BCUT2D eigenvalue weighted by Gasteiger charge is 2.05. The molecule has 0 aromatic carbocycles. The first-order valence-corrected chi connectivity index (χ1v) is 3.60. The second-order valence-corrected chi connectivity index (χ2v) is 2.57. The van der Waals surface area contributed by atoms with Crippen molar-refractivity contribution in [2.45, 2.75) is 20.3 Å². The molecular weight excluding hydrogens is 110 g/mol. The second-order valence-electron chi connectivity index (χ2n) is 2.57. The molecule has 0 radical (unpaired) electrons. The molecule has 0 N–H and O–H groups in total. The van der Waals surface area contributed by atoms with Gasteiger partial charge >= 0.3 is 0 Å². The van der Waals surface area contributed by atoms with Crippen molar-refractivity contribution >= 4 is 6.21 Å². The van der Waals surface area contributed by atoms with Crippen LogP contribution >= 0.6 is 0 Å². The quantitative estimate of drug-likeness (QED) is 0.467. The highest BCUT2D eigenvalue weighted by atomic mass is 15.0. The van der Waals surface area contributed by atoms with Crippen molar-refractivity contribution in [3.05, 3.63) is 12.3 Å². The fourth-order valence-corrected chi connectivity index (χ4v) is 0.933. The third kappa shape index (κ3) is 1.67. The lowest BCUT2D eigenvalue weighted by Gasteiger charge is -2.03. The lowest BCUT2D eigenvalue weighted by atomic mass is 10.1. The average Bonchev–Trinajstić information content (AvgIpc) is 1.90. The summed E-state index contributed by atoms with van der Waals surface area (Å²) in [5, 5.41) is 0. The zero-order valence-corrected chi connectivity index (χ0v) is 6.17. The van der Waals surface area contributed by atoms with Crippen molar-refractivity contribution in [3.8, 4) is 0 Å². The van der Waals surface area contributed by atoms with Gasteiger partial charge in [-0.25, -0.2) is 4.58 Å². The molecule has 0 bridgehead atoms. The fourth-order valence-electron chi connectivity index (χ4n) is 0.933. The van der Waals surface area contributed by atoms with E-state index in [2.05, 4.69) is 36.9 Å². The van der Waals surface area contributed by atoms with E-state index >= 15 is 0 Å². The van der Waals surface area contributed by atoms with Crippen LogP contribution in [0.4, 0.5) is 0 Å². The zero-order chi connectivity index (χ0) is 6.69. The van der Waals surface area contributed by atoms with Gasteiger partial charge in [0, 0.05) is 6.42 Å². The topological polar surface area (TPSA) is 3.01 Å². The molecular formula is C8H14N+. The molecule has 0 aromatic rings.